The molecule has 2 heterocycles. The van der Waals surface area contributed by atoms with Gasteiger partial charge in [-0.1, -0.05) is 6.07 Å². The number of hydrogen-bond donors (Lipinski definition) is 1. The summed E-state index contributed by atoms with van der Waals surface area (Å²) in [7, 11) is 0. The first-order chi connectivity index (χ1) is 7.75. The second-order valence-corrected chi connectivity index (χ2v) is 6.14. The highest BCUT2D eigenvalue weighted by molar-refractivity contribution is 9.11. The number of rotatable bonds is 4. The fourth-order valence-corrected chi connectivity index (χ4v) is 2.88. The van der Waals surface area contributed by atoms with Crippen molar-refractivity contribution in [3.8, 4) is 0 Å². The fraction of sp³-hybridized carbons (Fsp3) is 0.250. The molecule has 2 nitrogen and oxygen atoms in total. The molecule has 0 aliphatic rings. The predicted molar refractivity (Wildman–Crippen MR) is 71.5 cm³/mol. The summed E-state index contributed by atoms with van der Waals surface area (Å²) in [6.45, 7) is 3.05. The Kier molecular flexibility index (Phi) is 4.09. The van der Waals surface area contributed by atoms with Crippen LogP contribution in [-0.4, -0.2) is 4.98 Å². The van der Waals surface area contributed by atoms with E-state index in [1.54, 1.807) is 17.5 Å². The Balaban J connectivity index is 1.91. The second-order valence-electron chi connectivity index (χ2n) is 3.59. The summed E-state index contributed by atoms with van der Waals surface area (Å²) in [6, 6.07) is 8.60. The Bertz CT molecular complexity index is 441. The van der Waals surface area contributed by atoms with Crippen LogP contribution in [0, 0.1) is 0 Å². The lowest BCUT2D eigenvalue weighted by Crippen LogP contribution is -2.17. The van der Waals surface area contributed by atoms with Crippen LogP contribution in [0.1, 0.15) is 23.4 Å². The normalized spacial score (nSPS) is 12.6. The van der Waals surface area contributed by atoms with E-state index in [1.807, 2.05) is 12.3 Å². The molecule has 2 rings (SSSR count). The zero-order valence-corrected chi connectivity index (χ0v) is 11.4. The maximum absolute atomic E-state index is 4.12. The molecule has 0 saturated carbocycles. The summed E-state index contributed by atoms with van der Waals surface area (Å²) < 4.78 is 1.18. The van der Waals surface area contributed by atoms with Gasteiger partial charge in [0.25, 0.3) is 0 Å². The van der Waals surface area contributed by atoms with Crippen molar-refractivity contribution in [1.29, 1.82) is 0 Å². The summed E-state index contributed by atoms with van der Waals surface area (Å²) in [4.78, 5) is 5.46. The molecule has 0 spiro atoms. The van der Waals surface area contributed by atoms with Crippen LogP contribution >= 0.6 is 27.3 Å². The molecule has 0 aromatic carbocycles. The van der Waals surface area contributed by atoms with Crippen molar-refractivity contribution in [3.63, 3.8) is 0 Å². The Labute approximate surface area is 108 Å². The van der Waals surface area contributed by atoms with E-state index in [0.717, 1.165) is 6.54 Å². The maximum Gasteiger partial charge on any atom is 0.0701 e. The van der Waals surface area contributed by atoms with Crippen LogP contribution in [0.25, 0.3) is 0 Å². The third-order valence-corrected chi connectivity index (χ3v) is 4.02. The van der Waals surface area contributed by atoms with E-state index in [0.29, 0.717) is 6.04 Å². The third kappa shape index (κ3) is 3.14. The van der Waals surface area contributed by atoms with Gasteiger partial charge in [0, 0.05) is 29.9 Å². The zero-order valence-electron chi connectivity index (χ0n) is 8.98. The lowest BCUT2D eigenvalue weighted by molar-refractivity contribution is 0.577. The average Bonchev–Trinajstić information content (AvgIpc) is 2.73. The number of hydrogen-bond acceptors (Lipinski definition) is 3. The van der Waals surface area contributed by atoms with E-state index in [-0.39, 0.29) is 0 Å². The number of thiophene rings is 1. The molecule has 0 bridgehead atoms. The molecule has 84 valence electrons. The lowest BCUT2D eigenvalue weighted by atomic mass is 10.1. The van der Waals surface area contributed by atoms with Gasteiger partial charge >= 0.3 is 0 Å². The zero-order chi connectivity index (χ0) is 11.4. The molecule has 2 aromatic heterocycles. The van der Waals surface area contributed by atoms with Crippen molar-refractivity contribution in [2.75, 3.05) is 0 Å². The molecule has 4 heteroatoms. The first kappa shape index (κ1) is 11.8. The largest absolute Gasteiger partial charge is 0.305 e. The summed E-state index contributed by atoms with van der Waals surface area (Å²) in [6.07, 6.45) is 3.70. The topological polar surface area (TPSA) is 24.9 Å². The van der Waals surface area contributed by atoms with Crippen molar-refractivity contribution in [1.82, 2.24) is 10.3 Å². The minimum Gasteiger partial charge on any atom is -0.305 e. The van der Waals surface area contributed by atoms with Gasteiger partial charge in [-0.2, -0.15) is 0 Å². The lowest BCUT2D eigenvalue weighted by Gasteiger charge is -2.12. The van der Waals surface area contributed by atoms with Gasteiger partial charge in [-0.05, 0) is 46.6 Å². The molecule has 2 aromatic rings. The van der Waals surface area contributed by atoms with Gasteiger partial charge in [0.2, 0.25) is 0 Å². The first-order valence-electron chi connectivity index (χ1n) is 5.13. The highest BCUT2D eigenvalue weighted by atomic mass is 79.9. The minimum atomic E-state index is 0.328. The van der Waals surface area contributed by atoms with Crippen molar-refractivity contribution in [3.05, 3.63) is 50.9 Å². The maximum atomic E-state index is 4.12. The molecule has 16 heavy (non-hydrogen) atoms. The van der Waals surface area contributed by atoms with E-state index >= 15 is 0 Å². The van der Waals surface area contributed by atoms with Crippen LogP contribution in [0.2, 0.25) is 0 Å². The van der Waals surface area contributed by atoms with Crippen molar-refractivity contribution < 1.29 is 0 Å². The van der Waals surface area contributed by atoms with Gasteiger partial charge in [-0.3, -0.25) is 4.98 Å². The Hall–Kier alpha value is -0.710. The van der Waals surface area contributed by atoms with Crippen LogP contribution in [-0.2, 0) is 6.54 Å². The van der Waals surface area contributed by atoms with Gasteiger partial charge in [-0.25, -0.2) is 0 Å². The standard InChI is InChI=1S/C12H13BrN2S/c1-9(10-3-2-6-14-7-10)15-8-11-4-5-12(13)16-11/h2-7,9,15H,8H2,1H3/t9-/m0/s1. The molecule has 1 atom stereocenters. The molecular formula is C12H13BrN2S. The van der Waals surface area contributed by atoms with Gasteiger partial charge in [0.05, 0.1) is 3.79 Å². The van der Waals surface area contributed by atoms with E-state index in [4.69, 9.17) is 0 Å². The van der Waals surface area contributed by atoms with E-state index in [1.165, 1.54) is 14.2 Å². The molecule has 0 amide bonds. The third-order valence-electron chi connectivity index (χ3n) is 2.40. The van der Waals surface area contributed by atoms with Crippen molar-refractivity contribution >= 4 is 27.3 Å². The average molecular weight is 297 g/mol. The highest BCUT2D eigenvalue weighted by Crippen LogP contribution is 2.22. The van der Waals surface area contributed by atoms with Crippen molar-refractivity contribution in [2.24, 2.45) is 0 Å². The Morgan fingerprint density at radius 2 is 2.31 bits per heavy atom. The van der Waals surface area contributed by atoms with Gasteiger partial charge in [0.15, 0.2) is 0 Å². The van der Waals surface area contributed by atoms with Gasteiger partial charge in [0.1, 0.15) is 0 Å². The molecule has 1 N–H and O–H groups in total. The minimum absolute atomic E-state index is 0.328. The molecule has 0 aliphatic heterocycles. The second kappa shape index (κ2) is 5.57. The van der Waals surface area contributed by atoms with E-state index < -0.39 is 0 Å². The SMILES string of the molecule is C[C@H](NCc1ccc(Br)s1)c1cccnc1. The number of nitrogens with zero attached hydrogens (tertiary/aromatic N) is 1. The molecule has 0 fully saturated rings. The number of nitrogens with one attached hydrogen (secondary N) is 1. The number of halogens is 1. The predicted octanol–water partition coefficient (Wildman–Crippen LogP) is 3.76. The number of pyridine rings is 1. The van der Waals surface area contributed by atoms with Crippen LogP contribution < -0.4 is 5.32 Å². The van der Waals surface area contributed by atoms with Crippen LogP contribution in [0.5, 0.6) is 0 Å². The summed E-state index contributed by atoms with van der Waals surface area (Å²) >= 11 is 5.23. The van der Waals surface area contributed by atoms with Crippen LogP contribution in [0.3, 0.4) is 0 Å². The van der Waals surface area contributed by atoms with Gasteiger partial charge < -0.3 is 5.32 Å². The molecule has 0 aliphatic carbocycles. The summed E-state index contributed by atoms with van der Waals surface area (Å²) in [5, 5.41) is 3.48. The molecular weight excluding hydrogens is 284 g/mol. The van der Waals surface area contributed by atoms with Crippen LogP contribution in [0.15, 0.2) is 40.4 Å². The quantitative estimate of drug-likeness (QED) is 0.929. The monoisotopic (exact) mass is 296 g/mol. The highest BCUT2D eigenvalue weighted by Gasteiger charge is 2.05. The first-order valence-corrected chi connectivity index (χ1v) is 6.74. The summed E-state index contributed by atoms with van der Waals surface area (Å²) in [5.41, 5.74) is 1.22. The van der Waals surface area contributed by atoms with E-state index in [9.17, 15) is 0 Å². The van der Waals surface area contributed by atoms with E-state index in [2.05, 4.69) is 51.4 Å². The Morgan fingerprint density at radius 1 is 1.44 bits per heavy atom. The fourth-order valence-electron chi connectivity index (χ4n) is 1.45. The smallest absolute Gasteiger partial charge is 0.0701 e. The summed E-state index contributed by atoms with van der Waals surface area (Å²) in [5.74, 6) is 0. The Morgan fingerprint density at radius 3 is 2.94 bits per heavy atom. The molecule has 0 radical (unpaired) electrons. The van der Waals surface area contributed by atoms with Crippen molar-refractivity contribution in [2.45, 2.75) is 19.5 Å². The van der Waals surface area contributed by atoms with Gasteiger partial charge in [-0.15, -0.1) is 11.3 Å². The number of aromatic nitrogens is 1. The molecule has 0 unspecified atom stereocenters. The van der Waals surface area contributed by atoms with Crippen LogP contribution in [0.4, 0.5) is 0 Å². The molecule has 0 saturated heterocycles.